The molecule has 0 saturated carbocycles. The SMILES string of the molecule is CC(CC(O)c1occc1Br)CC(C)(C)C. The molecule has 0 saturated heterocycles. The number of aliphatic hydroxyl groups is 1. The van der Waals surface area contributed by atoms with E-state index in [1.807, 2.05) is 6.07 Å². The summed E-state index contributed by atoms with van der Waals surface area (Å²) >= 11 is 3.36. The molecule has 1 aromatic heterocycles. The van der Waals surface area contributed by atoms with E-state index in [1.165, 1.54) is 0 Å². The topological polar surface area (TPSA) is 33.4 Å². The minimum atomic E-state index is -0.512. The molecule has 0 aliphatic carbocycles. The number of halogens is 1. The first kappa shape index (κ1) is 13.8. The quantitative estimate of drug-likeness (QED) is 0.883. The van der Waals surface area contributed by atoms with E-state index in [4.69, 9.17) is 4.42 Å². The Bertz CT molecular complexity index is 325. The lowest BCUT2D eigenvalue weighted by Gasteiger charge is -2.24. The normalized spacial score (nSPS) is 16.1. The highest BCUT2D eigenvalue weighted by Gasteiger charge is 2.21. The Balaban J connectivity index is 2.52. The van der Waals surface area contributed by atoms with E-state index in [0.717, 1.165) is 17.3 Å². The van der Waals surface area contributed by atoms with Crippen LogP contribution >= 0.6 is 15.9 Å². The van der Waals surface area contributed by atoms with Crippen molar-refractivity contribution in [3.05, 3.63) is 22.6 Å². The summed E-state index contributed by atoms with van der Waals surface area (Å²) in [6.07, 6.45) is 2.92. The summed E-state index contributed by atoms with van der Waals surface area (Å²) < 4.78 is 6.11. The summed E-state index contributed by atoms with van der Waals surface area (Å²) in [5.74, 6) is 1.12. The monoisotopic (exact) mass is 288 g/mol. The van der Waals surface area contributed by atoms with Crippen molar-refractivity contribution in [2.75, 3.05) is 0 Å². The van der Waals surface area contributed by atoms with Gasteiger partial charge in [0, 0.05) is 0 Å². The van der Waals surface area contributed by atoms with E-state index < -0.39 is 6.10 Å². The minimum Gasteiger partial charge on any atom is -0.465 e. The Hall–Kier alpha value is -0.280. The molecule has 1 heterocycles. The van der Waals surface area contributed by atoms with E-state index in [2.05, 4.69) is 43.6 Å². The summed E-state index contributed by atoms with van der Waals surface area (Å²) in [5, 5.41) is 10.0. The van der Waals surface area contributed by atoms with Crippen LogP contribution < -0.4 is 0 Å². The van der Waals surface area contributed by atoms with E-state index in [-0.39, 0.29) is 0 Å². The Labute approximate surface area is 106 Å². The Kier molecular flexibility index (Phi) is 4.62. The lowest BCUT2D eigenvalue weighted by Crippen LogP contribution is -2.13. The van der Waals surface area contributed by atoms with Gasteiger partial charge in [-0.15, -0.1) is 0 Å². The molecule has 2 atom stereocenters. The van der Waals surface area contributed by atoms with Crippen LogP contribution in [0.25, 0.3) is 0 Å². The number of aliphatic hydroxyl groups excluding tert-OH is 1. The molecule has 1 aromatic rings. The molecule has 1 N–H and O–H groups in total. The molecule has 1 rings (SSSR count). The second-order valence-corrected chi connectivity index (χ2v) is 6.61. The van der Waals surface area contributed by atoms with Crippen molar-refractivity contribution in [3.8, 4) is 0 Å². The van der Waals surface area contributed by atoms with Crippen LogP contribution in [-0.4, -0.2) is 5.11 Å². The second-order valence-electron chi connectivity index (χ2n) is 5.75. The van der Waals surface area contributed by atoms with Crippen molar-refractivity contribution < 1.29 is 9.52 Å². The lowest BCUT2D eigenvalue weighted by molar-refractivity contribution is 0.111. The van der Waals surface area contributed by atoms with Gasteiger partial charge in [0.05, 0.1) is 10.7 Å². The zero-order valence-electron chi connectivity index (χ0n) is 10.5. The number of hydrogen-bond donors (Lipinski definition) is 1. The highest BCUT2D eigenvalue weighted by Crippen LogP contribution is 2.33. The third kappa shape index (κ3) is 4.30. The smallest absolute Gasteiger partial charge is 0.146 e. The van der Waals surface area contributed by atoms with Crippen molar-refractivity contribution in [1.82, 2.24) is 0 Å². The van der Waals surface area contributed by atoms with Crippen molar-refractivity contribution in [2.24, 2.45) is 11.3 Å². The van der Waals surface area contributed by atoms with E-state index in [1.54, 1.807) is 6.26 Å². The van der Waals surface area contributed by atoms with Crippen molar-refractivity contribution >= 4 is 15.9 Å². The fourth-order valence-electron chi connectivity index (χ4n) is 2.16. The molecule has 0 aliphatic rings. The molecular formula is C13H21BrO2. The predicted molar refractivity (Wildman–Crippen MR) is 69.2 cm³/mol. The zero-order chi connectivity index (χ0) is 12.3. The van der Waals surface area contributed by atoms with E-state index in [0.29, 0.717) is 17.1 Å². The van der Waals surface area contributed by atoms with Gasteiger partial charge in [0.2, 0.25) is 0 Å². The highest BCUT2D eigenvalue weighted by atomic mass is 79.9. The molecule has 0 aliphatic heterocycles. The lowest BCUT2D eigenvalue weighted by atomic mass is 9.83. The van der Waals surface area contributed by atoms with Gasteiger partial charge in [-0.25, -0.2) is 0 Å². The molecule has 0 bridgehead atoms. The van der Waals surface area contributed by atoms with Crippen molar-refractivity contribution in [3.63, 3.8) is 0 Å². The standard InChI is InChI=1S/C13H21BrO2/c1-9(8-13(2,3)4)7-11(15)12-10(14)5-6-16-12/h5-6,9,11,15H,7-8H2,1-4H3. The van der Waals surface area contributed by atoms with Gasteiger partial charge in [-0.05, 0) is 46.2 Å². The first-order chi connectivity index (χ1) is 7.29. The van der Waals surface area contributed by atoms with Gasteiger partial charge in [0.1, 0.15) is 11.9 Å². The van der Waals surface area contributed by atoms with Gasteiger partial charge in [0.25, 0.3) is 0 Å². The Morgan fingerprint density at radius 1 is 1.44 bits per heavy atom. The maximum absolute atomic E-state index is 10.0. The van der Waals surface area contributed by atoms with Crippen LogP contribution in [0.2, 0.25) is 0 Å². The largest absolute Gasteiger partial charge is 0.465 e. The summed E-state index contributed by atoms with van der Waals surface area (Å²) in [6, 6.07) is 1.81. The van der Waals surface area contributed by atoms with Crippen LogP contribution in [0.5, 0.6) is 0 Å². The average Bonchev–Trinajstić information content (AvgIpc) is 2.47. The van der Waals surface area contributed by atoms with E-state index in [9.17, 15) is 5.11 Å². The summed E-state index contributed by atoms with van der Waals surface area (Å²) in [7, 11) is 0. The summed E-state index contributed by atoms with van der Waals surface area (Å²) in [4.78, 5) is 0. The average molecular weight is 289 g/mol. The second kappa shape index (κ2) is 5.37. The summed E-state index contributed by atoms with van der Waals surface area (Å²) in [6.45, 7) is 8.83. The molecule has 3 heteroatoms. The predicted octanol–water partition coefficient (Wildman–Crippen LogP) is 4.54. The Morgan fingerprint density at radius 3 is 2.50 bits per heavy atom. The van der Waals surface area contributed by atoms with Gasteiger partial charge in [-0.1, -0.05) is 27.7 Å². The van der Waals surface area contributed by atoms with Crippen LogP contribution in [-0.2, 0) is 0 Å². The third-order valence-corrected chi connectivity index (χ3v) is 3.19. The first-order valence-electron chi connectivity index (χ1n) is 5.70. The molecule has 92 valence electrons. The molecule has 0 radical (unpaired) electrons. The molecule has 0 amide bonds. The van der Waals surface area contributed by atoms with Crippen LogP contribution in [0.15, 0.2) is 21.2 Å². The van der Waals surface area contributed by atoms with Gasteiger partial charge in [-0.2, -0.15) is 0 Å². The fraction of sp³-hybridized carbons (Fsp3) is 0.692. The highest BCUT2D eigenvalue weighted by molar-refractivity contribution is 9.10. The minimum absolute atomic E-state index is 0.305. The Morgan fingerprint density at radius 2 is 2.06 bits per heavy atom. The van der Waals surface area contributed by atoms with E-state index >= 15 is 0 Å². The van der Waals surface area contributed by atoms with Gasteiger partial charge < -0.3 is 9.52 Å². The van der Waals surface area contributed by atoms with Crippen LogP contribution in [0, 0.1) is 11.3 Å². The first-order valence-corrected chi connectivity index (χ1v) is 6.50. The zero-order valence-corrected chi connectivity index (χ0v) is 12.0. The summed E-state index contributed by atoms with van der Waals surface area (Å²) in [5.41, 5.74) is 0.305. The van der Waals surface area contributed by atoms with Gasteiger partial charge in [-0.3, -0.25) is 0 Å². The van der Waals surface area contributed by atoms with Crippen LogP contribution in [0.4, 0.5) is 0 Å². The van der Waals surface area contributed by atoms with Crippen LogP contribution in [0.3, 0.4) is 0 Å². The number of furan rings is 1. The van der Waals surface area contributed by atoms with Gasteiger partial charge in [0.15, 0.2) is 0 Å². The molecular weight excluding hydrogens is 268 g/mol. The molecule has 16 heavy (non-hydrogen) atoms. The molecule has 0 fully saturated rings. The fourth-order valence-corrected chi connectivity index (χ4v) is 2.63. The van der Waals surface area contributed by atoms with Crippen molar-refractivity contribution in [1.29, 1.82) is 0 Å². The van der Waals surface area contributed by atoms with Gasteiger partial charge >= 0.3 is 0 Å². The number of hydrogen-bond acceptors (Lipinski definition) is 2. The molecule has 0 spiro atoms. The third-order valence-electron chi connectivity index (χ3n) is 2.53. The maximum Gasteiger partial charge on any atom is 0.146 e. The van der Waals surface area contributed by atoms with Crippen LogP contribution in [0.1, 0.15) is 52.4 Å². The molecule has 2 nitrogen and oxygen atoms in total. The van der Waals surface area contributed by atoms with Crippen molar-refractivity contribution in [2.45, 2.75) is 46.6 Å². The maximum atomic E-state index is 10.0. The number of rotatable bonds is 4. The molecule has 2 unspecified atom stereocenters. The molecule has 0 aromatic carbocycles.